The third kappa shape index (κ3) is 12.6. The molecule has 0 aromatic heterocycles. The molecule has 2 atom stereocenters. The number of carbonyl (C=O) groups excluding carboxylic acids is 1. The lowest BCUT2D eigenvalue weighted by Crippen LogP contribution is -2.01. The molecule has 0 aliphatic heterocycles. The number of hydrogen-bond donors (Lipinski definition) is 0. The van der Waals surface area contributed by atoms with Crippen LogP contribution in [0.4, 0.5) is 0 Å². The van der Waals surface area contributed by atoms with E-state index in [2.05, 4.69) is 27.7 Å². The van der Waals surface area contributed by atoms with Crippen molar-refractivity contribution in [2.24, 2.45) is 17.8 Å². The van der Waals surface area contributed by atoms with Gasteiger partial charge in [0.1, 0.15) is 5.03 Å². The van der Waals surface area contributed by atoms with Crippen LogP contribution in [-0.4, -0.2) is 11.1 Å². The van der Waals surface area contributed by atoms with E-state index in [4.69, 9.17) is 34.8 Å². The Labute approximate surface area is 164 Å². The normalized spacial score (nSPS) is 15.3. The predicted molar refractivity (Wildman–Crippen MR) is 109 cm³/mol. The fourth-order valence-corrected chi connectivity index (χ4v) is 3.65. The molecule has 0 radical (unpaired) electrons. The topological polar surface area (TPSA) is 17.1 Å². The van der Waals surface area contributed by atoms with Gasteiger partial charge in [0.25, 0.3) is 5.24 Å². The predicted octanol–water partition coefficient (Wildman–Crippen LogP) is 7.92. The molecule has 4 heteroatoms. The Morgan fingerprint density at radius 1 is 0.792 bits per heavy atom. The van der Waals surface area contributed by atoms with Gasteiger partial charge in [-0.2, -0.15) is 0 Å². The van der Waals surface area contributed by atoms with Gasteiger partial charge in [-0.15, -0.1) is 11.6 Å². The van der Waals surface area contributed by atoms with E-state index >= 15 is 0 Å². The monoisotopic (exact) mass is 396 g/mol. The van der Waals surface area contributed by atoms with Crippen molar-refractivity contribution in [2.75, 3.05) is 5.88 Å². The summed E-state index contributed by atoms with van der Waals surface area (Å²) in [6, 6.07) is 0. The zero-order chi connectivity index (χ0) is 18.5. The van der Waals surface area contributed by atoms with Crippen LogP contribution in [0.25, 0.3) is 0 Å². The number of rotatable bonds is 14. The van der Waals surface area contributed by atoms with E-state index in [1.54, 1.807) is 0 Å². The fourth-order valence-electron chi connectivity index (χ4n) is 3.02. The lowest BCUT2D eigenvalue weighted by atomic mass is 9.91. The molecule has 0 spiro atoms. The summed E-state index contributed by atoms with van der Waals surface area (Å²) in [6.07, 6.45) is 10.9. The molecular weight excluding hydrogens is 363 g/mol. The standard InChI is InChI=1S/C20H35Cl3O/c1-15(2)8-5-9-16(3)10-6-11-17(4)12-7-13-18(14-21)19(22)20(23)24/h15-17H,5-14H2,1-4H3. The van der Waals surface area contributed by atoms with Crippen LogP contribution < -0.4 is 0 Å². The van der Waals surface area contributed by atoms with Crippen LogP contribution in [0.15, 0.2) is 10.6 Å². The van der Waals surface area contributed by atoms with Crippen molar-refractivity contribution < 1.29 is 4.79 Å². The van der Waals surface area contributed by atoms with Gasteiger partial charge in [0, 0.05) is 5.88 Å². The van der Waals surface area contributed by atoms with Gasteiger partial charge in [-0.1, -0.05) is 84.2 Å². The fraction of sp³-hybridized carbons (Fsp3) is 0.850. The molecule has 1 nitrogen and oxygen atoms in total. The lowest BCUT2D eigenvalue weighted by Gasteiger charge is -2.15. The molecule has 0 bridgehead atoms. The summed E-state index contributed by atoms with van der Waals surface area (Å²) in [5, 5.41) is -0.499. The minimum absolute atomic E-state index is 0.106. The van der Waals surface area contributed by atoms with Gasteiger partial charge in [-0.3, -0.25) is 4.79 Å². The molecule has 0 amide bonds. The molecule has 0 aliphatic carbocycles. The van der Waals surface area contributed by atoms with E-state index in [-0.39, 0.29) is 10.9 Å². The first kappa shape index (κ1) is 24.3. The Morgan fingerprint density at radius 3 is 1.67 bits per heavy atom. The summed E-state index contributed by atoms with van der Waals surface area (Å²) >= 11 is 17.1. The van der Waals surface area contributed by atoms with Crippen LogP contribution in [0.5, 0.6) is 0 Å². The van der Waals surface area contributed by atoms with Gasteiger partial charge in [-0.05, 0) is 47.8 Å². The molecule has 0 fully saturated rings. The molecule has 2 unspecified atom stereocenters. The molecule has 0 aromatic rings. The van der Waals surface area contributed by atoms with Gasteiger partial charge in [0.05, 0.1) is 0 Å². The van der Waals surface area contributed by atoms with Crippen LogP contribution in [0.1, 0.15) is 85.5 Å². The summed E-state index contributed by atoms with van der Waals surface area (Å²) < 4.78 is 0. The minimum Gasteiger partial charge on any atom is -0.275 e. The van der Waals surface area contributed by atoms with Gasteiger partial charge in [0.15, 0.2) is 0 Å². The molecule has 0 saturated carbocycles. The van der Waals surface area contributed by atoms with E-state index in [1.807, 2.05) is 0 Å². The van der Waals surface area contributed by atoms with Crippen molar-refractivity contribution in [3.8, 4) is 0 Å². The van der Waals surface area contributed by atoms with Crippen molar-refractivity contribution >= 4 is 40.0 Å². The second-order valence-electron chi connectivity index (χ2n) is 7.68. The van der Waals surface area contributed by atoms with Gasteiger partial charge in [0.2, 0.25) is 0 Å². The van der Waals surface area contributed by atoms with Crippen molar-refractivity contribution in [2.45, 2.75) is 85.5 Å². The van der Waals surface area contributed by atoms with Gasteiger partial charge >= 0.3 is 0 Å². The first-order chi connectivity index (χ1) is 11.3. The second-order valence-corrected chi connectivity index (χ2v) is 8.67. The molecule has 0 rings (SSSR count). The Bertz CT molecular complexity index is 377. The van der Waals surface area contributed by atoms with Crippen LogP contribution >= 0.6 is 34.8 Å². The number of allylic oxidation sites excluding steroid dienone is 2. The molecule has 0 aliphatic rings. The van der Waals surface area contributed by atoms with Crippen LogP contribution in [0.2, 0.25) is 0 Å². The summed E-state index contributed by atoms with van der Waals surface area (Å²) in [6.45, 7) is 9.29. The molecule has 142 valence electrons. The zero-order valence-corrected chi connectivity index (χ0v) is 18.1. The highest BCUT2D eigenvalue weighted by molar-refractivity contribution is 6.74. The molecule has 24 heavy (non-hydrogen) atoms. The maximum atomic E-state index is 11.1. The molecule has 0 heterocycles. The zero-order valence-electron chi connectivity index (χ0n) is 15.8. The molecule has 0 saturated heterocycles. The van der Waals surface area contributed by atoms with Gasteiger partial charge < -0.3 is 0 Å². The van der Waals surface area contributed by atoms with Crippen LogP contribution in [0.3, 0.4) is 0 Å². The van der Waals surface area contributed by atoms with E-state index in [0.29, 0.717) is 5.92 Å². The minimum atomic E-state index is -0.605. The van der Waals surface area contributed by atoms with Crippen LogP contribution in [0, 0.1) is 17.8 Å². The van der Waals surface area contributed by atoms with Crippen molar-refractivity contribution in [1.82, 2.24) is 0 Å². The largest absolute Gasteiger partial charge is 0.275 e. The third-order valence-corrected chi connectivity index (χ3v) is 5.74. The average molecular weight is 398 g/mol. The smallest absolute Gasteiger partial charge is 0.263 e. The summed E-state index contributed by atoms with van der Waals surface area (Å²) in [5.41, 5.74) is 0.768. The number of carbonyl (C=O) groups is 1. The van der Waals surface area contributed by atoms with E-state index in [1.165, 1.54) is 38.5 Å². The van der Waals surface area contributed by atoms with Crippen LogP contribution in [-0.2, 0) is 4.79 Å². The van der Waals surface area contributed by atoms with E-state index < -0.39 is 5.24 Å². The van der Waals surface area contributed by atoms with Crippen molar-refractivity contribution in [3.05, 3.63) is 10.6 Å². The highest BCUT2D eigenvalue weighted by Gasteiger charge is 2.11. The SMILES string of the molecule is CC(C)CCCC(C)CCCC(C)CCCC(CCl)=C(Cl)C(=O)Cl. The number of alkyl halides is 1. The maximum Gasteiger partial charge on any atom is 0.263 e. The Balaban J connectivity index is 3.85. The maximum absolute atomic E-state index is 11.1. The molecule has 0 N–H and O–H groups in total. The Morgan fingerprint density at radius 2 is 1.25 bits per heavy atom. The molecular formula is C20H35Cl3O. The Kier molecular flexibility index (Phi) is 14.6. The van der Waals surface area contributed by atoms with E-state index in [9.17, 15) is 4.79 Å². The highest BCUT2D eigenvalue weighted by atomic mass is 35.5. The second kappa shape index (κ2) is 14.4. The highest BCUT2D eigenvalue weighted by Crippen LogP contribution is 2.24. The van der Waals surface area contributed by atoms with Gasteiger partial charge in [-0.25, -0.2) is 0 Å². The summed E-state index contributed by atoms with van der Waals surface area (Å²) in [4.78, 5) is 11.1. The molecule has 0 aromatic carbocycles. The van der Waals surface area contributed by atoms with E-state index in [0.717, 1.165) is 36.7 Å². The lowest BCUT2D eigenvalue weighted by molar-refractivity contribution is -0.108. The van der Waals surface area contributed by atoms with Crippen molar-refractivity contribution in [3.63, 3.8) is 0 Å². The first-order valence-electron chi connectivity index (χ1n) is 9.41. The van der Waals surface area contributed by atoms with Crippen molar-refractivity contribution in [1.29, 1.82) is 0 Å². The number of halogens is 3. The third-order valence-electron chi connectivity index (χ3n) is 4.69. The average Bonchev–Trinajstić information content (AvgIpc) is 2.50. The summed E-state index contributed by atoms with van der Waals surface area (Å²) in [7, 11) is 0. The quantitative estimate of drug-likeness (QED) is 0.165. The Hall–Kier alpha value is 0.280. The number of hydrogen-bond acceptors (Lipinski definition) is 1. The first-order valence-corrected chi connectivity index (χ1v) is 10.7. The summed E-state index contributed by atoms with van der Waals surface area (Å²) in [5.74, 6) is 2.65.